The maximum Gasteiger partial charge on any atom is 0.406 e. The SMILES string of the molecule is Cl.NC1(C(F)(F)F)CCCC1. The lowest BCUT2D eigenvalue weighted by Crippen LogP contribution is -2.50. The predicted octanol–water partition coefficient (Wildman–Crippen LogP) is 2.24. The molecule has 2 N–H and O–H groups in total. The van der Waals surface area contributed by atoms with Crippen molar-refractivity contribution in [2.24, 2.45) is 5.73 Å². The van der Waals surface area contributed by atoms with E-state index in [9.17, 15) is 13.2 Å². The number of halogens is 4. The van der Waals surface area contributed by atoms with Gasteiger partial charge in [-0.2, -0.15) is 13.2 Å². The van der Waals surface area contributed by atoms with Crippen LogP contribution in [0.4, 0.5) is 13.2 Å². The van der Waals surface area contributed by atoms with E-state index in [1.165, 1.54) is 0 Å². The number of hydrogen-bond acceptors (Lipinski definition) is 1. The second kappa shape index (κ2) is 3.19. The van der Waals surface area contributed by atoms with E-state index in [1.54, 1.807) is 0 Å². The fourth-order valence-electron chi connectivity index (χ4n) is 1.29. The minimum Gasteiger partial charge on any atom is -0.318 e. The normalized spacial score (nSPS) is 22.9. The van der Waals surface area contributed by atoms with E-state index in [0.29, 0.717) is 12.8 Å². The molecule has 11 heavy (non-hydrogen) atoms. The van der Waals surface area contributed by atoms with Crippen molar-refractivity contribution in [3.05, 3.63) is 0 Å². The quantitative estimate of drug-likeness (QED) is 0.622. The fraction of sp³-hybridized carbons (Fsp3) is 1.00. The number of hydrogen-bond donors (Lipinski definition) is 1. The molecule has 0 heterocycles. The van der Waals surface area contributed by atoms with Gasteiger partial charge in [0, 0.05) is 0 Å². The zero-order valence-electron chi connectivity index (χ0n) is 5.95. The van der Waals surface area contributed by atoms with Gasteiger partial charge in [-0.1, -0.05) is 12.8 Å². The van der Waals surface area contributed by atoms with Gasteiger partial charge in [-0.25, -0.2) is 0 Å². The molecule has 0 atom stereocenters. The molecule has 1 aliphatic carbocycles. The summed E-state index contributed by atoms with van der Waals surface area (Å²) in [6.07, 6.45) is -2.80. The van der Waals surface area contributed by atoms with Crippen molar-refractivity contribution in [3.63, 3.8) is 0 Å². The van der Waals surface area contributed by atoms with Gasteiger partial charge in [-0.05, 0) is 12.8 Å². The number of nitrogens with two attached hydrogens (primary N) is 1. The Hall–Kier alpha value is 0.0400. The molecule has 0 unspecified atom stereocenters. The van der Waals surface area contributed by atoms with Gasteiger partial charge in [0.05, 0.1) is 0 Å². The van der Waals surface area contributed by atoms with Gasteiger partial charge in [0.2, 0.25) is 0 Å². The topological polar surface area (TPSA) is 26.0 Å². The lowest BCUT2D eigenvalue weighted by Gasteiger charge is -2.26. The average Bonchev–Trinajstić information content (AvgIpc) is 2.13. The van der Waals surface area contributed by atoms with Crippen LogP contribution >= 0.6 is 12.4 Å². The van der Waals surface area contributed by atoms with E-state index in [4.69, 9.17) is 5.73 Å². The highest BCUT2D eigenvalue weighted by molar-refractivity contribution is 5.85. The molecule has 1 aliphatic rings. The highest BCUT2D eigenvalue weighted by Crippen LogP contribution is 2.40. The van der Waals surface area contributed by atoms with Crippen LogP contribution < -0.4 is 5.73 Å². The van der Waals surface area contributed by atoms with Crippen LogP contribution in [0.25, 0.3) is 0 Å². The summed E-state index contributed by atoms with van der Waals surface area (Å²) in [5.41, 5.74) is 3.24. The van der Waals surface area contributed by atoms with Gasteiger partial charge in [0.25, 0.3) is 0 Å². The van der Waals surface area contributed by atoms with Crippen LogP contribution in [0.5, 0.6) is 0 Å². The smallest absolute Gasteiger partial charge is 0.318 e. The Kier molecular flexibility index (Phi) is 3.20. The molecule has 1 saturated carbocycles. The molecule has 5 heteroatoms. The molecule has 0 amide bonds. The van der Waals surface area contributed by atoms with Crippen LogP contribution in [0.15, 0.2) is 0 Å². The van der Waals surface area contributed by atoms with Crippen molar-refractivity contribution < 1.29 is 13.2 Å². The first-order valence-corrected chi connectivity index (χ1v) is 3.31. The standard InChI is InChI=1S/C6H10F3N.ClH/c7-6(8,9)5(10)3-1-2-4-5;/h1-4,10H2;1H. The van der Waals surface area contributed by atoms with Crippen LogP contribution in [0.2, 0.25) is 0 Å². The summed E-state index contributed by atoms with van der Waals surface area (Å²) in [6.45, 7) is 0. The highest BCUT2D eigenvalue weighted by atomic mass is 35.5. The largest absolute Gasteiger partial charge is 0.406 e. The van der Waals surface area contributed by atoms with Gasteiger partial charge in [0.1, 0.15) is 5.54 Å². The molecule has 0 aromatic heterocycles. The maximum absolute atomic E-state index is 12.0. The van der Waals surface area contributed by atoms with Crippen molar-refractivity contribution in [1.82, 2.24) is 0 Å². The first kappa shape index (κ1) is 11.0. The van der Waals surface area contributed by atoms with Crippen LogP contribution in [0, 0.1) is 0 Å². The number of rotatable bonds is 0. The van der Waals surface area contributed by atoms with E-state index < -0.39 is 11.7 Å². The van der Waals surface area contributed by atoms with Gasteiger partial charge in [0.15, 0.2) is 0 Å². The van der Waals surface area contributed by atoms with E-state index in [-0.39, 0.29) is 25.2 Å². The molecule has 0 spiro atoms. The molecule has 1 nitrogen and oxygen atoms in total. The molecular weight excluding hydrogens is 179 g/mol. The van der Waals surface area contributed by atoms with Crippen LogP contribution in [-0.4, -0.2) is 11.7 Å². The fourth-order valence-corrected chi connectivity index (χ4v) is 1.29. The molecular formula is C6H11ClF3N. The molecule has 0 saturated heterocycles. The first-order chi connectivity index (χ1) is 4.46. The van der Waals surface area contributed by atoms with E-state index >= 15 is 0 Å². The summed E-state index contributed by atoms with van der Waals surface area (Å²) in [5, 5.41) is 0. The maximum atomic E-state index is 12.0. The van der Waals surface area contributed by atoms with Crippen molar-refractivity contribution in [2.45, 2.75) is 37.4 Å². The lowest BCUT2D eigenvalue weighted by atomic mass is 9.99. The van der Waals surface area contributed by atoms with E-state index in [0.717, 1.165) is 0 Å². The van der Waals surface area contributed by atoms with Gasteiger partial charge >= 0.3 is 6.18 Å². The monoisotopic (exact) mass is 189 g/mol. The van der Waals surface area contributed by atoms with Crippen molar-refractivity contribution in [2.75, 3.05) is 0 Å². The minimum atomic E-state index is -4.20. The van der Waals surface area contributed by atoms with Crippen molar-refractivity contribution in [1.29, 1.82) is 0 Å². The minimum absolute atomic E-state index is 0. The third-order valence-electron chi connectivity index (χ3n) is 2.06. The zero-order valence-corrected chi connectivity index (χ0v) is 6.76. The van der Waals surface area contributed by atoms with Crippen molar-refractivity contribution in [3.8, 4) is 0 Å². The highest BCUT2D eigenvalue weighted by Gasteiger charge is 2.52. The summed E-state index contributed by atoms with van der Waals surface area (Å²) >= 11 is 0. The van der Waals surface area contributed by atoms with Crippen molar-refractivity contribution >= 4 is 12.4 Å². The molecule has 0 bridgehead atoms. The summed E-state index contributed by atoms with van der Waals surface area (Å²) in [4.78, 5) is 0. The van der Waals surface area contributed by atoms with Crippen LogP contribution in [0.3, 0.4) is 0 Å². The molecule has 0 radical (unpaired) electrons. The van der Waals surface area contributed by atoms with Gasteiger partial charge < -0.3 is 5.73 Å². The molecule has 1 rings (SSSR count). The van der Waals surface area contributed by atoms with Crippen LogP contribution in [-0.2, 0) is 0 Å². The Bertz CT molecular complexity index is 128. The van der Waals surface area contributed by atoms with Gasteiger partial charge in [-0.3, -0.25) is 0 Å². The number of alkyl halides is 3. The second-order valence-corrected chi connectivity index (χ2v) is 2.86. The molecule has 68 valence electrons. The zero-order chi connectivity index (χ0) is 7.83. The third kappa shape index (κ3) is 1.99. The second-order valence-electron chi connectivity index (χ2n) is 2.86. The average molecular weight is 190 g/mol. The first-order valence-electron chi connectivity index (χ1n) is 3.31. The Labute approximate surface area is 69.5 Å². The Morgan fingerprint density at radius 2 is 1.45 bits per heavy atom. The van der Waals surface area contributed by atoms with E-state index in [2.05, 4.69) is 0 Å². The molecule has 0 aromatic carbocycles. The Morgan fingerprint density at radius 3 is 1.64 bits per heavy atom. The van der Waals surface area contributed by atoms with Gasteiger partial charge in [-0.15, -0.1) is 12.4 Å². The molecule has 0 aliphatic heterocycles. The summed E-state index contributed by atoms with van der Waals surface area (Å²) in [5.74, 6) is 0. The Morgan fingerprint density at radius 1 is 1.09 bits per heavy atom. The predicted molar refractivity (Wildman–Crippen MR) is 38.7 cm³/mol. The van der Waals surface area contributed by atoms with Crippen LogP contribution in [0.1, 0.15) is 25.7 Å². The summed E-state index contributed by atoms with van der Waals surface area (Å²) in [6, 6.07) is 0. The summed E-state index contributed by atoms with van der Waals surface area (Å²) in [7, 11) is 0. The summed E-state index contributed by atoms with van der Waals surface area (Å²) < 4.78 is 36.1. The van der Waals surface area contributed by atoms with E-state index in [1.807, 2.05) is 0 Å². The molecule has 1 fully saturated rings. The molecule has 0 aromatic rings. The third-order valence-corrected chi connectivity index (χ3v) is 2.06. The lowest BCUT2D eigenvalue weighted by molar-refractivity contribution is -0.183. The Balaban J connectivity index is 0.000001000.